The molecule has 0 unspecified atom stereocenters. The van der Waals surface area contributed by atoms with Crippen molar-refractivity contribution in [3.05, 3.63) is 42.5 Å². The van der Waals surface area contributed by atoms with E-state index in [0.717, 1.165) is 0 Å². The van der Waals surface area contributed by atoms with Crippen LogP contribution in [0.25, 0.3) is 10.8 Å². The summed E-state index contributed by atoms with van der Waals surface area (Å²) in [5.41, 5.74) is 0. The average Bonchev–Trinajstić information content (AvgIpc) is 2.26. The minimum atomic E-state index is -4.29. The van der Waals surface area contributed by atoms with Gasteiger partial charge in [0.05, 0.1) is 0 Å². The van der Waals surface area contributed by atoms with E-state index >= 15 is 0 Å². The smallest absolute Gasteiger partial charge is 1.00 e. The van der Waals surface area contributed by atoms with Crippen LogP contribution in [0.4, 0.5) is 4.79 Å². The van der Waals surface area contributed by atoms with Gasteiger partial charge in [-0.15, -0.1) is 0 Å². The maximum absolute atomic E-state index is 11.7. The standard InChI is InChI=1S/C11H8O5S.Ca.2H/c12-11(13)16-17(14,15)10-7-3-5-8-4-1-2-6-9(8)10;;;/h1-7H,(H,12,13);;;/q;+2;2*-1. The van der Waals surface area contributed by atoms with Crippen molar-refractivity contribution in [1.82, 2.24) is 0 Å². The first-order chi connectivity index (χ1) is 8.00. The van der Waals surface area contributed by atoms with Gasteiger partial charge < -0.3 is 12.1 Å². The number of hydrogen-bond donors (Lipinski definition) is 1. The molecule has 0 amide bonds. The molecule has 92 valence electrons. The Bertz CT molecular complexity index is 685. The van der Waals surface area contributed by atoms with E-state index in [1.54, 1.807) is 30.3 Å². The molecule has 0 aliphatic carbocycles. The number of fused-ring (bicyclic) bond motifs is 1. The Morgan fingerprint density at radius 1 is 1.11 bits per heavy atom. The van der Waals surface area contributed by atoms with Gasteiger partial charge in [-0.3, -0.25) is 0 Å². The van der Waals surface area contributed by atoms with Crippen molar-refractivity contribution >= 4 is 64.8 Å². The first-order valence-corrected chi connectivity index (χ1v) is 6.07. The fourth-order valence-corrected chi connectivity index (χ4v) is 2.53. The predicted molar refractivity (Wildman–Crippen MR) is 68.2 cm³/mol. The minimum absolute atomic E-state index is 0. The number of carboxylic acid groups (broad SMARTS) is 1. The fraction of sp³-hybridized carbons (Fsp3) is 0. The maximum Gasteiger partial charge on any atom is 2.00 e. The van der Waals surface area contributed by atoms with Crippen LogP contribution in [0.1, 0.15) is 2.85 Å². The first-order valence-electron chi connectivity index (χ1n) is 4.66. The molecular formula is C11H10CaO5S. The second kappa shape index (κ2) is 5.88. The summed E-state index contributed by atoms with van der Waals surface area (Å²) in [5.74, 6) is 0. The van der Waals surface area contributed by atoms with Crippen LogP contribution in [0.5, 0.6) is 0 Å². The van der Waals surface area contributed by atoms with Gasteiger partial charge in [-0.1, -0.05) is 36.4 Å². The third-order valence-corrected chi connectivity index (χ3v) is 3.46. The quantitative estimate of drug-likeness (QED) is 0.677. The second-order valence-corrected chi connectivity index (χ2v) is 4.80. The molecule has 0 saturated carbocycles. The Labute approximate surface area is 136 Å². The van der Waals surface area contributed by atoms with E-state index < -0.39 is 16.3 Å². The number of benzene rings is 2. The molecule has 0 aliphatic heterocycles. The summed E-state index contributed by atoms with van der Waals surface area (Å²) in [6.45, 7) is 0. The Morgan fingerprint density at radius 2 is 1.72 bits per heavy atom. The Kier molecular flexibility index (Phi) is 4.98. The monoisotopic (exact) mass is 294 g/mol. The van der Waals surface area contributed by atoms with Crippen LogP contribution < -0.4 is 0 Å². The predicted octanol–water partition coefficient (Wildman–Crippen LogP) is 2.07. The van der Waals surface area contributed by atoms with E-state index in [9.17, 15) is 13.2 Å². The zero-order chi connectivity index (χ0) is 12.5. The molecule has 0 saturated heterocycles. The van der Waals surface area contributed by atoms with E-state index in [1.807, 2.05) is 0 Å². The van der Waals surface area contributed by atoms with E-state index in [4.69, 9.17) is 5.11 Å². The summed E-state index contributed by atoms with van der Waals surface area (Å²) in [4.78, 5) is 10.2. The molecule has 18 heavy (non-hydrogen) atoms. The summed E-state index contributed by atoms with van der Waals surface area (Å²) in [5, 5.41) is 9.51. The zero-order valence-corrected chi connectivity index (χ0v) is 12.3. The molecule has 7 heteroatoms. The second-order valence-electron chi connectivity index (χ2n) is 3.28. The van der Waals surface area contributed by atoms with Crippen LogP contribution in [0, 0.1) is 0 Å². The van der Waals surface area contributed by atoms with Crippen molar-refractivity contribution < 1.29 is 25.4 Å². The fourth-order valence-electron chi connectivity index (χ4n) is 1.55. The van der Waals surface area contributed by atoms with Crippen LogP contribution in [0.3, 0.4) is 0 Å². The largest absolute Gasteiger partial charge is 2.00 e. The number of rotatable bonds is 2. The molecule has 2 rings (SSSR count). The van der Waals surface area contributed by atoms with Gasteiger partial charge in [-0.25, -0.2) is 4.79 Å². The molecule has 1 N–H and O–H groups in total. The van der Waals surface area contributed by atoms with Gasteiger partial charge in [0, 0.05) is 5.39 Å². The van der Waals surface area contributed by atoms with Crippen LogP contribution in [-0.2, 0) is 14.3 Å². The summed E-state index contributed by atoms with van der Waals surface area (Å²) >= 11 is 0. The number of carbonyl (C=O) groups is 1. The van der Waals surface area contributed by atoms with Crippen molar-refractivity contribution in [2.75, 3.05) is 0 Å². The topological polar surface area (TPSA) is 80.7 Å². The van der Waals surface area contributed by atoms with E-state index in [1.165, 1.54) is 12.1 Å². The summed E-state index contributed by atoms with van der Waals surface area (Å²) < 4.78 is 27.2. The van der Waals surface area contributed by atoms with Crippen LogP contribution in [0.2, 0.25) is 0 Å². The molecule has 2 aromatic rings. The molecule has 2 aromatic carbocycles. The first kappa shape index (κ1) is 15.2. The van der Waals surface area contributed by atoms with Gasteiger partial charge in [0.15, 0.2) is 0 Å². The Balaban J connectivity index is 0. The summed E-state index contributed by atoms with van der Waals surface area (Å²) in [7, 11) is -4.29. The van der Waals surface area contributed by atoms with Gasteiger partial charge in [0.2, 0.25) is 0 Å². The van der Waals surface area contributed by atoms with E-state index in [2.05, 4.69) is 4.18 Å². The molecule has 0 spiro atoms. The van der Waals surface area contributed by atoms with E-state index in [-0.39, 0.29) is 45.5 Å². The van der Waals surface area contributed by atoms with Crippen LogP contribution >= 0.6 is 0 Å². The molecule has 0 aliphatic rings. The zero-order valence-electron chi connectivity index (χ0n) is 11.2. The van der Waals surface area contributed by atoms with Gasteiger partial charge >= 0.3 is 54.0 Å². The van der Waals surface area contributed by atoms with Crippen molar-refractivity contribution in [2.24, 2.45) is 0 Å². The molecular weight excluding hydrogens is 284 g/mol. The Hall–Kier alpha value is -0.820. The van der Waals surface area contributed by atoms with Crippen LogP contribution in [-0.4, -0.2) is 57.4 Å². The van der Waals surface area contributed by atoms with Gasteiger partial charge in [-0.2, -0.15) is 8.42 Å². The van der Waals surface area contributed by atoms with Crippen molar-refractivity contribution in [3.8, 4) is 0 Å². The van der Waals surface area contributed by atoms with Crippen molar-refractivity contribution in [2.45, 2.75) is 4.90 Å². The average molecular weight is 294 g/mol. The molecule has 0 fully saturated rings. The van der Waals surface area contributed by atoms with E-state index in [0.29, 0.717) is 10.8 Å². The third kappa shape index (κ3) is 3.14. The summed E-state index contributed by atoms with van der Waals surface area (Å²) in [6, 6.07) is 11.3. The number of hydrogen-bond acceptors (Lipinski definition) is 4. The van der Waals surface area contributed by atoms with Crippen molar-refractivity contribution in [3.63, 3.8) is 0 Å². The SMILES string of the molecule is O=C(O)OS(=O)(=O)c1cccc2ccccc12.[Ca+2].[H-].[H-]. The minimum Gasteiger partial charge on any atom is -1.00 e. The maximum atomic E-state index is 11.7. The normalized spacial score (nSPS) is 10.7. The summed E-state index contributed by atoms with van der Waals surface area (Å²) in [6.07, 6.45) is -1.85. The van der Waals surface area contributed by atoms with Gasteiger partial charge in [0.25, 0.3) is 0 Å². The molecule has 5 nitrogen and oxygen atoms in total. The molecule has 0 atom stereocenters. The Morgan fingerprint density at radius 3 is 2.39 bits per heavy atom. The third-order valence-electron chi connectivity index (χ3n) is 2.20. The van der Waals surface area contributed by atoms with Gasteiger partial charge in [0.1, 0.15) is 4.90 Å². The molecule has 0 heterocycles. The molecule has 0 bridgehead atoms. The van der Waals surface area contributed by atoms with Crippen molar-refractivity contribution in [1.29, 1.82) is 0 Å². The molecule has 0 radical (unpaired) electrons. The van der Waals surface area contributed by atoms with Gasteiger partial charge in [-0.05, 0) is 11.5 Å². The molecule has 0 aromatic heterocycles. The van der Waals surface area contributed by atoms with Crippen LogP contribution in [0.15, 0.2) is 47.4 Å².